The number of rotatable bonds is 6. The molecule has 0 aromatic carbocycles. The van der Waals surface area contributed by atoms with E-state index in [0.29, 0.717) is 37.7 Å². The summed E-state index contributed by atoms with van der Waals surface area (Å²) in [5, 5.41) is 9.68. The molecule has 1 unspecified atom stereocenters. The fourth-order valence-electron chi connectivity index (χ4n) is 2.92. The van der Waals surface area contributed by atoms with Crippen molar-refractivity contribution in [3.05, 3.63) is 12.4 Å². The maximum absolute atomic E-state index is 11.8. The van der Waals surface area contributed by atoms with Crippen molar-refractivity contribution < 1.29 is 14.6 Å². The minimum absolute atomic E-state index is 0.486. The summed E-state index contributed by atoms with van der Waals surface area (Å²) in [5.41, 5.74) is -0.841. The Bertz CT molecular complexity index is 480. The maximum Gasteiger partial charge on any atom is 0.329 e. The summed E-state index contributed by atoms with van der Waals surface area (Å²) < 4.78 is 5.37. The number of ether oxygens (including phenoxy) is 1. The van der Waals surface area contributed by atoms with Crippen molar-refractivity contribution in [2.45, 2.75) is 45.1 Å². The second-order valence-corrected chi connectivity index (χ2v) is 4.99. The molecule has 0 bridgehead atoms. The van der Waals surface area contributed by atoms with Crippen molar-refractivity contribution in [1.29, 1.82) is 0 Å². The van der Waals surface area contributed by atoms with Crippen molar-refractivity contribution in [1.82, 2.24) is 9.97 Å². The molecule has 0 aliphatic carbocycles. The van der Waals surface area contributed by atoms with Crippen LogP contribution in [0.2, 0.25) is 0 Å². The summed E-state index contributed by atoms with van der Waals surface area (Å²) >= 11 is 0. The topological polar surface area (TPSA) is 75.5 Å². The fourth-order valence-corrected chi connectivity index (χ4v) is 2.92. The molecule has 2 heterocycles. The summed E-state index contributed by atoms with van der Waals surface area (Å²) in [5.74, 6) is 0.352. The summed E-state index contributed by atoms with van der Waals surface area (Å²) in [6, 6.07) is 1.72. The molecule has 1 saturated heterocycles. The van der Waals surface area contributed by atoms with E-state index in [4.69, 9.17) is 4.74 Å². The number of hydrogen-bond acceptors (Lipinski definition) is 5. The standard InChI is InChI=1S/C14H21N3O3/c1-3-6-14(13(18)19)7-5-8-17(14)11-9-12(20-4-2)16-10-15-11/h9-10H,3-8H2,1-2H3,(H,18,19). The first-order valence-corrected chi connectivity index (χ1v) is 7.10. The Balaban J connectivity index is 2.34. The van der Waals surface area contributed by atoms with Crippen LogP contribution in [0.5, 0.6) is 5.88 Å². The fraction of sp³-hybridized carbons (Fsp3) is 0.643. The molecule has 1 aliphatic heterocycles. The van der Waals surface area contributed by atoms with E-state index in [9.17, 15) is 9.90 Å². The zero-order valence-electron chi connectivity index (χ0n) is 12.0. The highest BCUT2D eigenvalue weighted by atomic mass is 16.5. The second-order valence-electron chi connectivity index (χ2n) is 4.99. The molecule has 0 saturated carbocycles. The van der Waals surface area contributed by atoms with Crippen LogP contribution in [0.25, 0.3) is 0 Å². The van der Waals surface area contributed by atoms with Gasteiger partial charge in [0.2, 0.25) is 5.88 Å². The lowest BCUT2D eigenvalue weighted by molar-refractivity contribution is -0.143. The average Bonchev–Trinajstić information content (AvgIpc) is 2.85. The highest BCUT2D eigenvalue weighted by molar-refractivity contribution is 5.84. The van der Waals surface area contributed by atoms with Gasteiger partial charge in [-0.25, -0.2) is 14.8 Å². The van der Waals surface area contributed by atoms with Crippen molar-refractivity contribution in [3.63, 3.8) is 0 Å². The van der Waals surface area contributed by atoms with E-state index in [1.807, 2.05) is 18.7 Å². The number of aromatic nitrogens is 2. The third kappa shape index (κ3) is 2.55. The first kappa shape index (κ1) is 14.6. The molecule has 110 valence electrons. The van der Waals surface area contributed by atoms with Gasteiger partial charge in [0.15, 0.2) is 0 Å². The lowest BCUT2D eigenvalue weighted by Gasteiger charge is -2.35. The van der Waals surface area contributed by atoms with Crippen LogP contribution >= 0.6 is 0 Å². The Morgan fingerprint density at radius 1 is 1.50 bits per heavy atom. The molecular weight excluding hydrogens is 258 g/mol. The molecule has 20 heavy (non-hydrogen) atoms. The van der Waals surface area contributed by atoms with Crippen LogP contribution < -0.4 is 9.64 Å². The summed E-state index contributed by atoms with van der Waals surface area (Å²) in [4.78, 5) is 22.0. The van der Waals surface area contributed by atoms with E-state index in [1.54, 1.807) is 6.07 Å². The lowest BCUT2D eigenvalue weighted by atomic mass is 9.90. The molecular formula is C14H21N3O3. The number of nitrogens with zero attached hydrogens (tertiary/aromatic N) is 3. The Hall–Kier alpha value is -1.85. The van der Waals surface area contributed by atoms with Gasteiger partial charge in [-0.3, -0.25) is 0 Å². The number of carbonyl (C=O) groups is 1. The number of carboxylic acids is 1. The van der Waals surface area contributed by atoms with E-state index in [-0.39, 0.29) is 0 Å². The summed E-state index contributed by atoms with van der Waals surface area (Å²) in [6.07, 6.45) is 4.39. The van der Waals surface area contributed by atoms with Crippen LogP contribution in [-0.2, 0) is 4.79 Å². The third-order valence-corrected chi connectivity index (χ3v) is 3.75. The Kier molecular flexibility index (Phi) is 4.42. The Morgan fingerprint density at radius 3 is 2.95 bits per heavy atom. The van der Waals surface area contributed by atoms with Crippen molar-refractivity contribution in [2.24, 2.45) is 0 Å². The lowest BCUT2D eigenvalue weighted by Crippen LogP contribution is -2.51. The zero-order valence-corrected chi connectivity index (χ0v) is 12.0. The molecule has 0 radical (unpaired) electrons. The molecule has 6 heteroatoms. The monoisotopic (exact) mass is 279 g/mol. The first-order valence-electron chi connectivity index (χ1n) is 7.10. The SMILES string of the molecule is CCCC1(C(=O)O)CCCN1c1cc(OCC)ncn1. The van der Waals surface area contributed by atoms with Crippen LogP contribution in [0.1, 0.15) is 39.5 Å². The molecule has 1 aromatic heterocycles. The quantitative estimate of drug-likeness (QED) is 0.859. The molecule has 1 atom stereocenters. The zero-order chi connectivity index (χ0) is 14.6. The average molecular weight is 279 g/mol. The molecule has 6 nitrogen and oxygen atoms in total. The van der Waals surface area contributed by atoms with Crippen LogP contribution in [-0.4, -0.2) is 39.7 Å². The largest absolute Gasteiger partial charge is 0.479 e. The number of aliphatic carboxylic acids is 1. The van der Waals surface area contributed by atoms with Crippen LogP contribution in [0.4, 0.5) is 5.82 Å². The van der Waals surface area contributed by atoms with E-state index in [0.717, 1.165) is 12.8 Å². The molecule has 0 amide bonds. The predicted molar refractivity (Wildman–Crippen MR) is 75.1 cm³/mol. The van der Waals surface area contributed by atoms with Crippen molar-refractivity contribution in [2.75, 3.05) is 18.1 Å². The van der Waals surface area contributed by atoms with Gasteiger partial charge in [0.25, 0.3) is 0 Å². The van der Waals surface area contributed by atoms with E-state index in [1.165, 1.54) is 6.33 Å². The van der Waals surface area contributed by atoms with Gasteiger partial charge in [0.1, 0.15) is 17.7 Å². The molecule has 1 fully saturated rings. The molecule has 1 N–H and O–H groups in total. The van der Waals surface area contributed by atoms with Crippen molar-refractivity contribution in [3.8, 4) is 5.88 Å². The van der Waals surface area contributed by atoms with Crippen LogP contribution in [0, 0.1) is 0 Å². The van der Waals surface area contributed by atoms with E-state index < -0.39 is 11.5 Å². The molecule has 2 rings (SSSR count). The molecule has 0 spiro atoms. The van der Waals surface area contributed by atoms with Crippen LogP contribution in [0.15, 0.2) is 12.4 Å². The smallest absolute Gasteiger partial charge is 0.329 e. The van der Waals surface area contributed by atoms with Gasteiger partial charge in [-0.15, -0.1) is 0 Å². The van der Waals surface area contributed by atoms with E-state index in [2.05, 4.69) is 9.97 Å². The van der Waals surface area contributed by atoms with Crippen LogP contribution in [0.3, 0.4) is 0 Å². The third-order valence-electron chi connectivity index (χ3n) is 3.75. The van der Waals surface area contributed by atoms with Gasteiger partial charge >= 0.3 is 5.97 Å². The number of carboxylic acid groups (broad SMARTS) is 1. The minimum Gasteiger partial charge on any atom is -0.479 e. The Labute approximate surface area is 118 Å². The molecule has 1 aromatic rings. The first-order chi connectivity index (χ1) is 9.64. The molecule has 1 aliphatic rings. The summed E-state index contributed by atoms with van der Waals surface area (Å²) in [7, 11) is 0. The highest BCUT2D eigenvalue weighted by Crippen LogP contribution is 2.37. The number of hydrogen-bond donors (Lipinski definition) is 1. The maximum atomic E-state index is 11.8. The van der Waals surface area contributed by atoms with Gasteiger partial charge in [0.05, 0.1) is 6.61 Å². The Morgan fingerprint density at radius 2 is 2.30 bits per heavy atom. The van der Waals surface area contributed by atoms with E-state index >= 15 is 0 Å². The normalized spacial score (nSPS) is 22.0. The van der Waals surface area contributed by atoms with Gasteiger partial charge < -0.3 is 14.7 Å². The second kappa shape index (κ2) is 6.07. The highest BCUT2D eigenvalue weighted by Gasteiger charge is 2.47. The minimum atomic E-state index is -0.841. The number of anilines is 1. The predicted octanol–water partition coefficient (Wildman–Crippen LogP) is 2.10. The van der Waals surface area contributed by atoms with Crippen molar-refractivity contribution >= 4 is 11.8 Å². The van der Waals surface area contributed by atoms with Gasteiger partial charge in [-0.1, -0.05) is 13.3 Å². The summed E-state index contributed by atoms with van der Waals surface area (Å²) in [6.45, 7) is 5.12. The van der Waals surface area contributed by atoms with Gasteiger partial charge in [-0.05, 0) is 26.2 Å². The van der Waals surface area contributed by atoms with Gasteiger partial charge in [0, 0.05) is 12.6 Å². The van der Waals surface area contributed by atoms with Gasteiger partial charge in [-0.2, -0.15) is 0 Å².